The van der Waals surface area contributed by atoms with Crippen LogP contribution in [0.2, 0.25) is 0 Å². The average molecular weight is 683 g/mol. The zero-order chi connectivity index (χ0) is 34.8. The van der Waals surface area contributed by atoms with Gasteiger partial charge in [0.05, 0.1) is 25.9 Å². The molecule has 3 N–H and O–H groups in total. The molecule has 0 aromatic heterocycles. The monoisotopic (exact) mass is 682 g/mol. The maximum Gasteiger partial charge on any atom is 0.302 e. The average Bonchev–Trinajstić information content (AvgIpc) is 3.12. The van der Waals surface area contributed by atoms with Crippen LogP contribution in [0.5, 0.6) is 0 Å². The standard InChI is InChI=1S/C37H46O12/c1-23(32-30(40)29(39)31(41)36(42-3)49-32)47-37-35(46-21-27-17-11-6-12-18-27)34(45-20-26-15-9-5-10-16-26)33(28(48-37)22-43-24(2)38)44-19-25-13-7-4-8-14-25/h4-18,23,28-37,39-41H,19-22H2,1-3H3/t23-,28-,29+,30+,31-,32-,33-,34+,35-,36+,37+/m1/s1. The van der Waals surface area contributed by atoms with Gasteiger partial charge in [-0.2, -0.15) is 0 Å². The number of methoxy groups -OCH3 is 1. The first-order valence-electron chi connectivity index (χ1n) is 16.4. The van der Waals surface area contributed by atoms with Crippen molar-refractivity contribution >= 4 is 5.97 Å². The molecular weight excluding hydrogens is 636 g/mol. The first-order chi connectivity index (χ1) is 23.7. The number of carbonyl (C=O) groups excluding carboxylic acids is 1. The summed E-state index contributed by atoms with van der Waals surface area (Å²) in [5.41, 5.74) is 2.73. The Kier molecular flexibility index (Phi) is 13.7. The van der Waals surface area contributed by atoms with Gasteiger partial charge in [0.25, 0.3) is 0 Å². The van der Waals surface area contributed by atoms with Gasteiger partial charge in [-0.3, -0.25) is 4.79 Å². The Morgan fingerprint density at radius 3 is 1.65 bits per heavy atom. The molecule has 12 heteroatoms. The van der Waals surface area contributed by atoms with Crippen LogP contribution in [0, 0.1) is 0 Å². The summed E-state index contributed by atoms with van der Waals surface area (Å²) in [5.74, 6) is -0.502. The summed E-state index contributed by atoms with van der Waals surface area (Å²) in [6.45, 7) is 3.37. The van der Waals surface area contributed by atoms with Crippen LogP contribution in [-0.2, 0) is 62.5 Å². The van der Waals surface area contributed by atoms with E-state index in [9.17, 15) is 20.1 Å². The molecule has 49 heavy (non-hydrogen) atoms. The number of esters is 1. The first-order valence-corrected chi connectivity index (χ1v) is 16.4. The van der Waals surface area contributed by atoms with Gasteiger partial charge in [-0.15, -0.1) is 0 Å². The minimum Gasteiger partial charge on any atom is -0.463 e. The second-order valence-electron chi connectivity index (χ2n) is 12.1. The van der Waals surface area contributed by atoms with Crippen LogP contribution in [-0.4, -0.2) is 103 Å². The van der Waals surface area contributed by atoms with Crippen molar-refractivity contribution in [3.05, 3.63) is 108 Å². The fraction of sp³-hybridized carbons (Fsp3) is 0.486. The minimum atomic E-state index is -1.55. The van der Waals surface area contributed by atoms with Crippen LogP contribution in [0.1, 0.15) is 30.5 Å². The van der Waals surface area contributed by atoms with Crippen LogP contribution in [0.15, 0.2) is 91.0 Å². The Balaban J connectivity index is 1.48. The molecular formula is C37H46O12. The van der Waals surface area contributed by atoms with Gasteiger partial charge in [0, 0.05) is 14.0 Å². The molecule has 0 radical (unpaired) electrons. The summed E-state index contributed by atoms with van der Waals surface area (Å²) >= 11 is 0. The lowest BCUT2D eigenvalue weighted by molar-refractivity contribution is -0.355. The SMILES string of the molecule is CO[C@H]1O[C@H]([C@@H](C)O[C@H]2O[C@H](COC(C)=O)[C@@H](OCc3ccccc3)[C@H](OCc3ccccc3)[C@H]2OCc2ccccc2)[C@@H](O)[C@H](O)[C@H]1O. The van der Waals surface area contributed by atoms with E-state index < -0.39 is 73.5 Å². The van der Waals surface area contributed by atoms with E-state index in [1.807, 2.05) is 91.0 Å². The van der Waals surface area contributed by atoms with Gasteiger partial charge in [0.1, 0.15) is 55.4 Å². The van der Waals surface area contributed by atoms with Crippen LogP contribution in [0.25, 0.3) is 0 Å². The maximum absolute atomic E-state index is 12.0. The number of aliphatic hydroxyl groups is 3. The summed E-state index contributed by atoms with van der Waals surface area (Å²) in [6.07, 6.45) is -12.3. The van der Waals surface area contributed by atoms with Gasteiger partial charge in [-0.1, -0.05) is 91.0 Å². The van der Waals surface area contributed by atoms with E-state index in [2.05, 4.69) is 0 Å². The molecule has 2 heterocycles. The van der Waals surface area contributed by atoms with Crippen molar-refractivity contribution in [2.24, 2.45) is 0 Å². The predicted molar refractivity (Wildman–Crippen MR) is 175 cm³/mol. The third-order valence-electron chi connectivity index (χ3n) is 8.55. The van der Waals surface area contributed by atoms with Crippen LogP contribution < -0.4 is 0 Å². The molecule has 0 bridgehead atoms. The highest BCUT2D eigenvalue weighted by Gasteiger charge is 2.52. The van der Waals surface area contributed by atoms with E-state index in [-0.39, 0.29) is 26.4 Å². The Morgan fingerprint density at radius 2 is 1.16 bits per heavy atom. The van der Waals surface area contributed by atoms with E-state index in [1.165, 1.54) is 14.0 Å². The summed E-state index contributed by atoms with van der Waals surface area (Å²) < 4.78 is 49.1. The molecule has 2 aliphatic rings. The molecule has 3 aromatic rings. The Morgan fingerprint density at radius 1 is 0.673 bits per heavy atom. The molecule has 266 valence electrons. The Hall–Kier alpha value is -3.27. The van der Waals surface area contributed by atoms with E-state index in [4.69, 9.17) is 37.9 Å². The molecule has 12 nitrogen and oxygen atoms in total. The smallest absolute Gasteiger partial charge is 0.302 e. The zero-order valence-corrected chi connectivity index (χ0v) is 27.9. The highest BCUT2D eigenvalue weighted by Crippen LogP contribution is 2.34. The topological polar surface area (TPSA) is 152 Å². The van der Waals surface area contributed by atoms with Gasteiger partial charge < -0.3 is 53.2 Å². The molecule has 5 rings (SSSR count). The molecule has 2 saturated heterocycles. The van der Waals surface area contributed by atoms with Gasteiger partial charge in [-0.25, -0.2) is 0 Å². The molecule has 3 aromatic carbocycles. The quantitative estimate of drug-likeness (QED) is 0.202. The van der Waals surface area contributed by atoms with E-state index in [1.54, 1.807) is 6.92 Å². The van der Waals surface area contributed by atoms with E-state index in [0.717, 1.165) is 16.7 Å². The van der Waals surface area contributed by atoms with Crippen molar-refractivity contribution in [3.8, 4) is 0 Å². The van der Waals surface area contributed by atoms with E-state index in [0.29, 0.717) is 0 Å². The number of rotatable bonds is 15. The number of hydrogen-bond acceptors (Lipinski definition) is 12. The first kappa shape index (κ1) is 37.0. The summed E-state index contributed by atoms with van der Waals surface area (Å²) in [7, 11) is 1.32. The molecule has 2 fully saturated rings. The van der Waals surface area contributed by atoms with Crippen molar-refractivity contribution in [1.29, 1.82) is 0 Å². The predicted octanol–water partition coefficient (Wildman–Crippen LogP) is 2.89. The molecule has 0 aliphatic carbocycles. The Bertz CT molecular complexity index is 1390. The fourth-order valence-electron chi connectivity index (χ4n) is 5.93. The minimum absolute atomic E-state index is 0.168. The van der Waals surface area contributed by atoms with Gasteiger partial charge >= 0.3 is 5.97 Å². The third-order valence-corrected chi connectivity index (χ3v) is 8.55. The van der Waals surface area contributed by atoms with Crippen molar-refractivity contribution in [2.45, 2.75) is 101 Å². The number of benzene rings is 3. The van der Waals surface area contributed by atoms with Crippen LogP contribution >= 0.6 is 0 Å². The number of aliphatic hydroxyl groups excluding tert-OH is 3. The number of ether oxygens (including phenoxy) is 8. The zero-order valence-electron chi connectivity index (χ0n) is 27.9. The highest BCUT2D eigenvalue weighted by molar-refractivity contribution is 5.65. The van der Waals surface area contributed by atoms with Crippen molar-refractivity contribution in [3.63, 3.8) is 0 Å². The molecule has 11 atom stereocenters. The molecule has 0 unspecified atom stereocenters. The molecule has 0 spiro atoms. The van der Waals surface area contributed by atoms with Gasteiger partial charge in [0.2, 0.25) is 0 Å². The second kappa shape index (κ2) is 18.1. The summed E-state index contributed by atoms with van der Waals surface area (Å²) in [5, 5.41) is 31.7. The maximum atomic E-state index is 12.0. The van der Waals surface area contributed by atoms with Gasteiger partial charge in [0.15, 0.2) is 12.6 Å². The largest absolute Gasteiger partial charge is 0.463 e. The van der Waals surface area contributed by atoms with E-state index >= 15 is 0 Å². The fourth-order valence-corrected chi connectivity index (χ4v) is 5.93. The van der Waals surface area contributed by atoms with Crippen molar-refractivity contribution < 1.29 is 58.0 Å². The number of hydrogen-bond donors (Lipinski definition) is 3. The molecule has 2 aliphatic heterocycles. The summed E-state index contributed by atoms with van der Waals surface area (Å²) in [4.78, 5) is 12.0. The lowest BCUT2D eigenvalue weighted by Gasteiger charge is -2.47. The molecule has 0 amide bonds. The lowest BCUT2D eigenvalue weighted by atomic mass is 9.95. The Labute approximate surface area is 286 Å². The van der Waals surface area contributed by atoms with Crippen LogP contribution in [0.3, 0.4) is 0 Å². The second-order valence-corrected chi connectivity index (χ2v) is 12.1. The molecule has 0 saturated carbocycles. The lowest BCUT2D eigenvalue weighted by Crippen LogP contribution is -2.64. The van der Waals surface area contributed by atoms with Crippen LogP contribution in [0.4, 0.5) is 0 Å². The summed E-state index contributed by atoms with van der Waals surface area (Å²) in [6, 6.07) is 28.9. The van der Waals surface area contributed by atoms with Crippen molar-refractivity contribution in [2.75, 3.05) is 13.7 Å². The van der Waals surface area contributed by atoms with Gasteiger partial charge in [-0.05, 0) is 23.6 Å². The third kappa shape index (κ3) is 9.92. The number of carbonyl (C=O) groups is 1. The normalized spacial score (nSPS) is 30.8. The van der Waals surface area contributed by atoms with Crippen molar-refractivity contribution in [1.82, 2.24) is 0 Å². The highest BCUT2D eigenvalue weighted by atomic mass is 16.7.